The summed E-state index contributed by atoms with van der Waals surface area (Å²) in [6.07, 6.45) is 4.39. The Labute approximate surface area is 136 Å². The van der Waals surface area contributed by atoms with Gasteiger partial charge in [-0.1, -0.05) is 35.5 Å². The molecule has 1 saturated carbocycles. The Balaban J connectivity index is 1.43. The second kappa shape index (κ2) is 5.84. The zero-order chi connectivity index (χ0) is 15.8. The molecule has 1 aliphatic carbocycles. The topological polar surface area (TPSA) is 46.3 Å². The number of aromatic nitrogens is 1. The van der Waals surface area contributed by atoms with Crippen molar-refractivity contribution in [1.82, 2.24) is 10.1 Å². The average Bonchev–Trinajstić information content (AvgIpc) is 3.20. The summed E-state index contributed by atoms with van der Waals surface area (Å²) in [6.45, 7) is 2.96. The minimum atomic E-state index is 0.0173. The SMILES string of the molecule is C[C@@H]1[C@H](Cc2ccccc2)CCN1C(=O)c1cc(C2CC2)on1. The number of nitrogens with zero attached hydrogens (tertiary/aromatic N) is 2. The molecule has 2 heterocycles. The predicted molar refractivity (Wildman–Crippen MR) is 87.2 cm³/mol. The molecule has 2 fully saturated rings. The van der Waals surface area contributed by atoms with E-state index >= 15 is 0 Å². The molecule has 2 aliphatic rings. The van der Waals surface area contributed by atoms with E-state index < -0.39 is 0 Å². The van der Waals surface area contributed by atoms with Crippen molar-refractivity contribution in [3.8, 4) is 0 Å². The molecule has 1 aromatic carbocycles. The second-order valence-electron chi connectivity index (χ2n) is 6.87. The average molecular weight is 310 g/mol. The third-order valence-corrected chi connectivity index (χ3v) is 5.24. The van der Waals surface area contributed by atoms with E-state index in [-0.39, 0.29) is 11.9 Å². The van der Waals surface area contributed by atoms with E-state index in [4.69, 9.17) is 4.52 Å². The molecule has 2 aromatic rings. The molecule has 23 heavy (non-hydrogen) atoms. The van der Waals surface area contributed by atoms with Crippen molar-refractivity contribution in [3.05, 3.63) is 53.4 Å². The molecule has 0 radical (unpaired) electrons. The van der Waals surface area contributed by atoms with E-state index in [1.54, 1.807) is 0 Å². The van der Waals surface area contributed by atoms with Gasteiger partial charge in [0, 0.05) is 24.6 Å². The van der Waals surface area contributed by atoms with Crippen molar-refractivity contribution in [2.75, 3.05) is 6.54 Å². The zero-order valence-corrected chi connectivity index (χ0v) is 13.4. The number of hydrogen-bond donors (Lipinski definition) is 0. The first-order valence-electron chi connectivity index (χ1n) is 8.54. The fourth-order valence-corrected chi connectivity index (χ4v) is 3.58. The van der Waals surface area contributed by atoms with Crippen LogP contribution in [0, 0.1) is 5.92 Å². The van der Waals surface area contributed by atoms with Crippen molar-refractivity contribution in [2.45, 2.75) is 44.6 Å². The van der Waals surface area contributed by atoms with E-state index in [1.807, 2.05) is 17.0 Å². The zero-order valence-electron chi connectivity index (χ0n) is 13.4. The lowest BCUT2D eigenvalue weighted by atomic mass is 9.93. The van der Waals surface area contributed by atoms with Crippen molar-refractivity contribution in [2.24, 2.45) is 5.92 Å². The lowest BCUT2D eigenvalue weighted by Gasteiger charge is -2.24. The van der Waals surface area contributed by atoms with Crippen LogP contribution in [-0.2, 0) is 6.42 Å². The monoisotopic (exact) mass is 310 g/mol. The van der Waals surface area contributed by atoms with Gasteiger partial charge in [-0.05, 0) is 44.1 Å². The highest BCUT2D eigenvalue weighted by atomic mass is 16.5. The smallest absolute Gasteiger partial charge is 0.276 e. The quantitative estimate of drug-likeness (QED) is 0.866. The van der Waals surface area contributed by atoms with E-state index in [0.29, 0.717) is 17.5 Å². The summed E-state index contributed by atoms with van der Waals surface area (Å²) in [5.74, 6) is 1.90. The van der Waals surface area contributed by atoms with Crippen LogP contribution in [0.1, 0.15) is 53.9 Å². The number of rotatable bonds is 4. The number of carbonyl (C=O) groups excluding carboxylic acids is 1. The van der Waals surface area contributed by atoms with Crippen LogP contribution in [0.2, 0.25) is 0 Å². The summed E-state index contributed by atoms with van der Waals surface area (Å²) in [6, 6.07) is 12.6. The largest absolute Gasteiger partial charge is 0.360 e. The Morgan fingerprint density at radius 2 is 2.04 bits per heavy atom. The Morgan fingerprint density at radius 3 is 2.78 bits per heavy atom. The molecule has 1 amide bonds. The van der Waals surface area contributed by atoms with Crippen LogP contribution < -0.4 is 0 Å². The molecular formula is C19H22N2O2. The summed E-state index contributed by atoms with van der Waals surface area (Å²) in [5, 5.41) is 4.00. The van der Waals surface area contributed by atoms with Gasteiger partial charge >= 0.3 is 0 Å². The first-order valence-corrected chi connectivity index (χ1v) is 8.54. The Kier molecular flexibility index (Phi) is 3.68. The molecule has 1 saturated heterocycles. The molecule has 4 heteroatoms. The predicted octanol–water partition coefficient (Wildman–Crippen LogP) is 3.65. The molecule has 4 nitrogen and oxygen atoms in total. The van der Waals surface area contributed by atoms with Crippen LogP contribution >= 0.6 is 0 Å². The first kappa shape index (κ1) is 14.5. The van der Waals surface area contributed by atoms with E-state index in [9.17, 15) is 4.79 Å². The molecule has 1 aromatic heterocycles. The summed E-state index contributed by atoms with van der Waals surface area (Å²) in [5.41, 5.74) is 1.82. The minimum Gasteiger partial charge on any atom is -0.360 e. The lowest BCUT2D eigenvalue weighted by molar-refractivity contribution is 0.0721. The highest BCUT2D eigenvalue weighted by Gasteiger charge is 2.36. The highest BCUT2D eigenvalue weighted by Crippen LogP contribution is 2.40. The van der Waals surface area contributed by atoms with E-state index in [1.165, 1.54) is 5.56 Å². The Morgan fingerprint density at radius 1 is 1.26 bits per heavy atom. The molecular weight excluding hydrogens is 288 g/mol. The number of benzene rings is 1. The number of carbonyl (C=O) groups is 1. The number of hydrogen-bond acceptors (Lipinski definition) is 3. The standard InChI is InChI=1S/C19H22N2O2/c1-13-16(11-14-5-3-2-4-6-14)9-10-21(13)19(22)17-12-18(23-20-17)15-7-8-15/h2-6,12-13,15-16H,7-11H2,1H3/t13-,16+/m1/s1. The van der Waals surface area contributed by atoms with Gasteiger partial charge in [0.15, 0.2) is 5.69 Å². The first-order chi connectivity index (χ1) is 11.2. The molecule has 0 spiro atoms. The van der Waals surface area contributed by atoms with Crippen LogP contribution in [0.15, 0.2) is 40.9 Å². The van der Waals surface area contributed by atoms with Crippen LogP contribution in [-0.4, -0.2) is 28.6 Å². The normalized spacial score (nSPS) is 24.1. The van der Waals surface area contributed by atoms with Gasteiger partial charge in [-0.2, -0.15) is 0 Å². The maximum atomic E-state index is 12.7. The summed E-state index contributed by atoms with van der Waals surface area (Å²) in [4.78, 5) is 14.7. The highest BCUT2D eigenvalue weighted by molar-refractivity contribution is 5.92. The van der Waals surface area contributed by atoms with Gasteiger partial charge in [0.05, 0.1) is 0 Å². The van der Waals surface area contributed by atoms with Crippen LogP contribution in [0.4, 0.5) is 0 Å². The third kappa shape index (κ3) is 2.90. The lowest BCUT2D eigenvalue weighted by Crippen LogP contribution is -2.36. The van der Waals surface area contributed by atoms with Gasteiger partial charge in [0.2, 0.25) is 0 Å². The van der Waals surface area contributed by atoms with Crippen molar-refractivity contribution in [3.63, 3.8) is 0 Å². The summed E-state index contributed by atoms with van der Waals surface area (Å²) in [7, 11) is 0. The third-order valence-electron chi connectivity index (χ3n) is 5.24. The molecule has 0 unspecified atom stereocenters. The molecule has 2 atom stereocenters. The van der Waals surface area contributed by atoms with Crippen LogP contribution in [0.3, 0.4) is 0 Å². The van der Waals surface area contributed by atoms with Crippen molar-refractivity contribution in [1.29, 1.82) is 0 Å². The Hall–Kier alpha value is -2.10. The maximum absolute atomic E-state index is 12.7. The molecule has 0 bridgehead atoms. The minimum absolute atomic E-state index is 0.0173. The van der Waals surface area contributed by atoms with Crippen LogP contribution in [0.5, 0.6) is 0 Å². The van der Waals surface area contributed by atoms with Crippen molar-refractivity contribution >= 4 is 5.91 Å². The fraction of sp³-hybridized carbons (Fsp3) is 0.474. The van der Waals surface area contributed by atoms with Gasteiger partial charge in [-0.25, -0.2) is 0 Å². The van der Waals surface area contributed by atoms with Gasteiger partial charge in [-0.15, -0.1) is 0 Å². The van der Waals surface area contributed by atoms with E-state index in [2.05, 4.69) is 36.3 Å². The van der Waals surface area contributed by atoms with E-state index in [0.717, 1.165) is 38.0 Å². The summed E-state index contributed by atoms with van der Waals surface area (Å²) >= 11 is 0. The molecule has 1 aliphatic heterocycles. The molecule has 4 rings (SSSR count). The van der Waals surface area contributed by atoms with Gasteiger partial charge in [-0.3, -0.25) is 4.79 Å². The number of amides is 1. The molecule has 0 N–H and O–H groups in total. The Bertz CT molecular complexity index is 690. The van der Waals surface area contributed by atoms with Gasteiger partial charge in [0.25, 0.3) is 5.91 Å². The van der Waals surface area contributed by atoms with Gasteiger partial charge < -0.3 is 9.42 Å². The van der Waals surface area contributed by atoms with Crippen LogP contribution in [0.25, 0.3) is 0 Å². The number of likely N-dealkylation sites (tertiary alicyclic amines) is 1. The molecule has 120 valence electrons. The summed E-state index contributed by atoms with van der Waals surface area (Å²) < 4.78 is 5.33. The van der Waals surface area contributed by atoms with Gasteiger partial charge in [0.1, 0.15) is 5.76 Å². The fourth-order valence-electron chi connectivity index (χ4n) is 3.58. The second-order valence-corrected chi connectivity index (χ2v) is 6.87. The van der Waals surface area contributed by atoms with Crippen molar-refractivity contribution < 1.29 is 9.32 Å². The maximum Gasteiger partial charge on any atom is 0.276 e.